The fourth-order valence-electron chi connectivity index (χ4n) is 2.92. The Hall–Kier alpha value is -3.20. The molecule has 2 N–H and O–H groups in total. The SMILES string of the molecule is Cc1ccccc1NC(=O)COC(=O)[C@H]1CC(=O)N(NC(=O)c2ccc(Br)cc2)C1. The van der Waals surface area contributed by atoms with E-state index < -0.39 is 36.2 Å². The Morgan fingerprint density at radius 3 is 2.53 bits per heavy atom. The van der Waals surface area contributed by atoms with Gasteiger partial charge in [-0.15, -0.1) is 0 Å². The van der Waals surface area contributed by atoms with Crippen LogP contribution >= 0.6 is 15.9 Å². The molecule has 9 heteroatoms. The van der Waals surface area contributed by atoms with Crippen molar-refractivity contribution in [1.29, 1.82) is 0 Å². The highest BCUT2D eigenvalue weighted by Gasteiger charge is 2.36. The van der Waals surface area contributed by atoms with Crippen molar-refractivity contribution in [1.82, 2.24) is 10.4 Å². The molecule has 1 saturated heterocycles. The van der Waals surface area contributed by atoms with Gasteiger partial charge in [0.1, 0.15) is 0 Å². The van der Waals surface area contributed by atoms with Crippen LogP contribution in [0.5, 0.6) is 0 Å². The van der Waals surface area contributed by atoms with Crippen LogP contribution in [0.2, 0.25) is 0 Å². The number of anilines is 1. The number of rotatable bonds is 6. The third kappa shape index (κ3) is 5.44. The molecule has 1 aliphatic heterocycles. The van der Waals surface area contributed by atoms with Gasteiger partial charge in [0.2, 0.25) is 5.91 Å². The van der Waals surface area contributed by atoms with Crippen LogP contribution in [0.25, 0.3) is 0 Å². The molecule has 3 rings (SSSR count). The fourth-order valence-corrected chi connectivity index (χ4v) is 3.18. The van der Waals surface area contributed by atoms with Gasteiger partial charge in [-0.05, 0) is 42.8 Å². The number of carbonyl (C=O) groups is 4. The third-order valence-electron chi connectivity index (χ3n) is 4.57. The van der Waals surface area contributed by atoms with Gasteiger partial charge in [-0.1, -0.05) is 34.1 Å². The molecule has 0 unspecified atom stereocenters. The summed E-state index contributed by atoms with van der Waals surface area (Å²) in [5.74, 6) is -2.74. The maximum absolute atomic E-state index is 12.3. The number of amides is 3. The van der Waals surface area contributed by atoms with E-state index in [-0.39, 0.29) is 13.0 Å². The van der Waals surface area contributed by atoms with Crippen molar-refractivity contribution in [3.8, 4) is 0 Å². The average molecular weight is 474 g/mol. The highest BCUT2D eigenvalue weighted by Crippen LogP contribution is 2.19. The number of benzene rings is 2. The molecule has 30 heavy (non-hydrogen) atoms. The number of aryl methyl sites for hydroxylation is 1. The van der Waals surface area contributed by atoms with Gasteiger partial charge < -0.3 is 10.1 Å². The van der Waals surface area contributed by atoms with E-state index in [2.05, 4.69) is 26.7 Å². The van der Waals surface area contributed by atoms with E-state index in [0.29, 0.717) is 11.3 Å². The summed E-state index contributed by atoms with van der Waals surface area (Å²) in [7, 11) is 0. The number of ether oxygens (including phenoxy) is 1. The van der Waals surface area contributed by atoms with E-state index in [0.717, 1.165) is 15.0 Å². The van der Waals surface area contributed by atoms with Crippen molar-refractivity contribution in [3.63, 3.8) is 0 Å². The van der Waals surface area contributed by atoms with Gasteiger partial charge in [-0.3, -0.25) is 29.6 Å². The van der Waals surface area contributed by atoms with Crippen molar-refractivity contribution in [2.75, 3.05) is 18.5 Å². The van der Waals surface area contributed by atoms with Gasteiger partial charge in [-0.25, -0.2) is 0 Å². The minimum atomic E-state index is -0.756. The zero-order valence-electron chi connectivity index (χ0n) is 16.2. The first-order chi connectivity index (χ1) is 14.3. The van der Waals surface area contributed by atoms with Gasteiger partial charge in [0.25, 0.3) is 11.8 Å². The molecule has 0 bridgehead atoms. The molecule has 0 spiro atoms. The summed E-state index contributed by atoms with van der Waals surface area (Å²) in [6.45, 7) is 1.38. The van der Waals surface area contributed by atoms with Crippen LogP contribution in [-0.4, -0.2) is 41.9 Å². The molecule has 156 valence electrons. The Balaban J connectivity index is 1.48. The lowest BCUT2D eigenvalue weighted by molar-refractivity contribution is -0.151. The summed E-state index contributed by atoms with van der Waals surface area (Å²) >= 11 is 3.29. The van der Waals surface area contributed by atoms with Crippen molar-refractivity contribution in [2.24, 2.45) is 5.92 Å². The monoisotopic (exact) mass is 473 g/mol. The molecule has 0 aromatic heterocycles. The number of nitrogens with zero attached hydrogens (tertiary/aromatic N) is 1. The second-order valence-electron chi connectivity index (χ2n) is 6.82. The maximum Gasteiger partial charge on any atom is 0.311 e. The Labute approximate surface area is 181 Å². The van der Waals surface area contributed by atoms with E-state index in [1.165, 1.54) is 0 Å². The van der Waals surface area contributed by atoms with E-state index >= 15 is 0 Å². The van der Waals surface area contributed by atoms with Gasteiger partial charge in [0.05, 0.1) is 12.5 Å². The highest BCUT2D eigenvalue weighted by molar-refractivity contribution is 9.10. The first-order valence-electron chi connectivity index (χ1n) is 9.22. The van der Waals surface area contributed by atoms with Crippen LogP contribution in [-0.2, 0) is 19.1 Å². The van der Waals surface area contributed by atoms with Crippen molar-refractivity contribution >= 4 is 45.3 Å². The lowest BCUT2D eigenvalue weighted by atomic mass is 10.1. The predicted molar refractivity (Wildman–Crippen MR) is 112 cm³/mol. The molecule has 3 amide bonds. The second-order valence-corrected chi connectivity index (χ2v) is 7.74. The summed E-state index contributed by atoms with van der Waals surface area (Å²) in [5.41, 5.74) is 4.40. The Morgan fingerprint density at radius 2 is 1.83 bits per heavy atom. The molecule has 1 aliphatic rings. The molecule has 0 radical (unpaired) electrons. The zero-order chi connectivity index (χ0) is 21.7. The molecule has 0 saturated carbocycles. The van der Waals surface area contributed by atoms with Crippen LogP contribution < -0.4 is 10.7 Å². The highest BCUT2D eigenvalue weighted by atomic mass is 79.9. The first-order valence-corrected chi connectivity index (χ1v) is 10.0. The van der Waals surface area contributed by atoms with E-state index in [1.54, 1.807) is 36.4 Å². The molecule has 8 nitrogen and oxygen atoms in total. The molecule has 1 heterocycles. The largest absolute Gasteiger partial charge is 0.455 e. The van der Waals surface area contributed by atoms with Gasteiger partial charge in [0.15, 0.2) is 6.61 Å². The summed E-state index contributed by atoms with van der Waals surface area (Å²) < 4.78 is 5.88. The molecule has 2 aromatic rings. The lowest BCUT2D eigenvalue weighted by Gasteiger charge is -2.17. The van der Waals surface area contributed by atoms with Crippen molar-refractivity contribution in [3.05, 3.63) is 64.1 Å². The number of hydrogen-bond donors (Lipinski definition) is 2. The normalized spacial score (nSPS) is 15.6. The minimum Gasteiger partial charge on any atom is -0.455 e. The average Bonchev–Trinajstić information content (AvgIpc) is 3.09. The molecule has 0 aliphatic carbocycles. The summed E-state index contributed by atoms with van der Waals surface area (Å²) in [5, 5.41) is 3.77. The van der Waals surface area contributed by atoms with Crippen LogP contribution in [0.3, 0.4) is 0 Å². The number of esters is 1. The molecule has 1 atom stereocenters. The van der Waals surface area contributed by atoms with E-state index in [9.17, 15) is 19.2 Å². The lowest BCUT2D eigenvalue weighted by Crippen LogP contribution is -2.43. The number of nitrogens with one attached hydrogen (secondary N) is 2. The van der Waals surface area contributed by atoms with Crippen molar-refractivity contribution in [2.45, 2.75) is 13.3 Å². The topological polar surface area (TPSA) is 105 Å². The number of para-hydroxylation sites is 1. The number of hydrogen-bond acceptors (Lipinski definition) is 5. The van der Waals surface area contributed by atoms with Crippen LogP contribution in [0.4, 0.5) is 5.69 Å². The van der Waals surface area contributed by atoms with Gasteiger partial charge >= 0.3 is 5.97 Å². The quantitative estimate of drug-likeness (QED) is 0.626. The van der Waals surface area contributed by atoms with Gasteiger partial charge in [-0.2, -0.15) is 0 Å². The molecular weight excluding hydrogens is 454 g/mol. The first kappa shape index (κ1) is 21.5. The zero-order valence-corrected chi connectivity index (χ0v) is 17.8. The standard InChI is InChI=1S/C21H20BrN3O5/c1-13-4-2-3-5-17(13)23-18(26)12-30-21(29)15-10-19(27)25(11-15)24-20(28)14-6-8-16(22)9-7-14/h2-9,15H,10-12H2,1H3,(H,23,26)(H,24,28)/t15-/m0/s1. The van der Waals surface area contributed by atoms with Crippen LogP contribution in [0.15, 0.2) is 53.0 Å². The van der Waals surface area contributed by atoms with Crippen LogP contribution in [0.1, 0.15) is 22.3 Å². The number of halogens is 1. The third-order valence-corrected chi connectivity index (χ3v) is 5.09. The fraction of sp³-hybridized carbons (Fsp3) is 0.238. The predicted octanol–water partition coefficient (Wildman–Crippen LogP) is 2.43. The second kappa shape index (κ2) is 9.53. The van der Waals surface area contributed by atoms with Crippen LogP contribution in [0, 0.1) is 12.8 Å². The molecule has 2 aromatic carbocycles. The molecule has 1 fully saturated rings. The van der Waals surface area contributed by atoms with E-state index in [4.69, 9.17) is 4.74 Å². The summed E-state index contributed by atoms with van der Waals surface area (Å²) in [4.78, 5) is 48.7. The summed E-state index contributed by atoms with van der Waals surface area (Å²) in [6.07, 6.45) is -0.0983. The summed E-state index contributed by atoms with van der Waals surface area (Å²) in [6, 6.07) is 13.9. The Kier molecular flexibility index (Phi) is 6.83. The van der Waals surface area contributed by atoms with E-state index in [1.807, 2.05) is 19.1 Å². The number of hydrazine groups is 1. The molecular formula is C21H20BrN3O5. The Morgan fingerprint density at radius 1 is 1.13 bits per heavy atom. The van der Waals surface area contributed by atoms with Crippen molar-refractivity contribution < 1.29 is 23.9 Å². The Bertz CT molecular complexity index is 977. The maximum atomic E-state index is 12.3. The minimum absolute atomic E-state index is 0.0145. The van der Waals surface area contributed by atoms with Gasteiger partial charge in [0, 0.05) is 22.1 Å². The smallest absolute Gasteiger partial charge is 0.311 e. The number of carbonyl (C=O) groups excluding carboxylic acids is 4.